The Bertz CT molecular complexity index is 514. The lowest BCUT2D eigenvalue weighted by molar-refractivity contribution is 1.08. The second-order valence-corrected chi connectivity index (χ2v) is 4.50. The van der Waals surface area contributed by atoms with Crippen LogP contribution < -0.4 is 5.32 Å². The van der Waals surface area contributed by atoms with Crippen LogP contribution in [0.3, 0.4) is 0 Å². The molecule has 1 aromatic carbocycles. The third-order valence-corrected chi connectivity index (χ3v) is 2.80. The van der Waals surface area contributed by atoms with Crippen molar-refractivity contribution >= 4 is 40.6 Å². The Morgan fingerprint density at radius 2 is 1.76 bits per heavy atom. The first kappa shape index (κ1) is 12.4. The molecule has 17 heavy (non-hydrogen) atoms. The molecule has 0 unspecified atom stereocenters. The maximum absolute atomic E-state index is 5.92. The van der Waals surface area contributed by atoms with E-state index in [9.17, 15) is 0 Å². The molecule has 0 aliphatic heterocycles. The number of nitrogens with zero attached hydrogens (tertiary/aromatic N) is 2. The smallest absolute Gasteiger partial charge is 0.224 e. The number of rotatable bonds is 3. The molecule has 88 valence electrons. The molecule has 1 aromatic heterocycles. The van der Waals surface area contributed by atoms with Crippen LogP contribution in [0.1, 0.15) is 5.56 Å². The number of hydrogen-bond acceptors (Lipinski definition) is 3. The van der Waals surface area contributed by atoms with Crippen LogP contribution in [0.25, 0.3) is 0 Å². The predicted molar refractivity (Wildman–Crippen MR) is 70.8 cm³/mol. The van der Waals surface area contributed by atoms with Gasteiger partial charge in [-0.3, -0.25) is 0 Å². The zero-order valence-corrected chi connectivity index (χ0v) is 10.9. The predicted octanol–water partition coefficient (Wildman–Crippen LogP) is 4.05. The van der Waals surface area contributed by atoms with Gasteiger partial charge in [-0.1, -0.05) is 35.3 Å². The van der Waals surface area contributed by atoms with E-state index in [0.717, 1.165) is 5.56 Å². The summed E-state index contributed by atoms with van der Waals surface area (Å²) in [5.41, 5.74) is 1.07. The van der Waals surface area contributed by atoms with E-state index in [-0.39, 0.29) is 5.28 Å². The lowest BCUT2D eigenvalue weighted by Gasteiger charge is -2.07. The van der Waals surface area contributed by atoms with Crippen molar-refractivity contribution in [1.82, 2.24) is 9.97 Å². The third kappa shape index (κ3) is 3.46. The third-order valence-electron chi connectivity index (χ3n) is 2.09. The molecule has 0 atom stereocenters. The minimum absolute atomic E-state index is 0.160. The SMILES string of the molecule is Clc1ccc(CNc2nc(Cl)ncc2Cl)cc1. The fourth-order valence-electron chi connectivity index (χ4n) is 1.26. The van der Waals surface area contributed by atoms with Crippen molar-refractivity contribution in [2.24, 2.45) is 0 Å². The van der Waals surface area contributed by atoms with E-state index in [1.165, 1.54) is 6.20 Å². The van der Waals surface area contributed by atoms with Crippen molar-refractivity contribution in [2.45, 2.75) is 6.54 Å². The summed E-state index contributed by atoms with van der Waals surface area (Å²) in [6.45, 7) is 0.588. The lowest BCUT2D eigenvalue weighted by atomic mass is 10.2. The average Bonchev–Trinajstić information content (AvgIpc) is 2.32. The molecular formula is C11H8Cl3N3. The zero-order chi connectivity index (χ0) is 12.3. The van der Waals surface area contributed by atoms with Crippen molar-refractivity contribution in [3.05, 3.63) is 51.4 Å². The molecule has 0 spiro atoms. The average molecular weight is 289 g/mol. The largest absolute Gasteiger partial charge is 0.365 e. The maximum atomic E-state index is 5.92. The van der Waals surface area contributed by atoms with Crippen LogP contribution in [0.4, 0.5) is 5.82 Å². The maximum Gasteiger partial charge on any atom is 0.224 e. The zero-order valence-electron chi connectivity index (χ0n) is 8.62. The minimum atomic E-state index is 0.160. The Balaban J connectivity index is 2.07. The van der Waals surface area contributed by atoms with Gasteiger partial charge in [0, 0.05) is 11.6 Å². The number of nitrogens with one attached hydrogen (secondary N) is 1. The van der Waals surface area contributed by atoms with Crippen molar-refractivity contribution in [2.75, 3.05) is 5.32 Å². The molecule has 3 nitrogen and oxygen atoms in total. The number of halogens is 3. The highest BCUT2D eigenvalue weighted by molar-refractivity contribution is 6.33. The van der Waals surface area contributed by atoms with E-state index < -0.39 is 0 Å². The van der Waals surface area contributed by atoms with Crippen LogP contribution in [0, 0.1) is 0 Å². The molecule has 0 saturated heterocycles. The first-order chi connectivity index (χ1) is 8.15. The van der Waals surface area contributed by atoms with Gasteiger partial charge in [-0.05, 0) is 29.3 Å². The van der Waals surface area contributed by atoms with Crippen LogP contribution in [0.15, 0.2) is 30.5 Å². The molecule has 0 amide bonds. The standard InChI is InChI=1S/C11H8Cl3N3/c12-8-3-1-7(2-4-8)5-15-10-9(13)6-16-11(14)17-10/h1-4,6H,5H2,(H,15,16,17). The van der Waals surface area contributed by atoms with Crippen molar-refractivity contribution < 1.29 is 0 Å². The van der Waals surface area contributed by atoms with Gasteiger partial charge in [-0.25, -0.2) is 4.98 Å². The van der Waals surface area contributed by atoms with E-state index in [1.54, 1.807) is 0 Å². The Hall–Kier alpha value is -1.03. The molecule has 6 heteroatoms. The van der Waals surface area contributed by atoms with Crippen molar-refractivity contribution in [1.29, 1.82) is 0 Å². The normalized spacial score (nSPS) is 10.3. The summed E-state index contributed by atoms with van der Waals surface area (Å²) < 4.78 is 0. The van der Waals surface area contributed by atoms with Gasteiger partial charge in [0.15, 0.2) is 0 Å². The van der Waals surface area contributed by atoms with Crippen LogP contribution >= 0.6 is 34.8 Å². The molecule has 0 radical (unpaired) electrons. The fraction of sp³-hybridized carbons (Fsp3) is 0.0909. The van der Waals surface area contributed by atoms with Crippen molar-refractivity contribution in [3.8, 4) is 0 Å². The van der Waals surface area contributed by atoms with Gasteiger partial charge in [0.25, 0.3) is 0 Å². The number of anilines is 1. The summed E-state index contributed by atoms with van der Waals surface area (Å²) in [6, 6.07) is 7.50. The summed E-state index contributed by atoms with van der Waals surface area (Å²) in [6.07, 6.45) is 1.46. The highest BCUT2D eigenvalue weighted by Gasteiger charge is 2.03. The molecule has 0 fully saturated rings. The second-order valence-electron chi connectivity index (χ2n) is 3.32. The fourth-order valence-corrected chi connectivity index (χ4v) is 1.67. The van der Waals surface area contributed by atoms with Gasteiger partial charge in [0.1, 0.15) is 10.8 Å². The monoisotopic (exact) mass is 287 g/mol. The van der Waals surface area contributed by atoms with Crippen LogP contribution in [0.5, 0.6) is 0 Å². The van der Waals surface area contributed by atoms with E-state index in [2.05, 4.69) is 15.3 Å². The van der Waals surface area contributed by atoms with Crippen LogP contribution in [-0.4, -0.2) is 9.97 Å². The summed E-state index contributed by atoms with van der Waals surface area (Å²) in [4.78, 5) is 7.76. The molecule has 0 bridgehead atoms. The molecule has 1 N–H and O–H groups in total. The van der Waals surface area contributed by atoms with E-state index in [4.69, 9.17) is 34.8 Å². The molecule has 1 heterocycles. The molecule has 0 saturated carbocycles. The minimum Gasteiger partial charge on any atom is -0.365 e. The molecule has 2 aromatic rings. The Labute approximate surface area is 114 Å². The Morgan fingerprint density at radius 3 is 2.47 bits per heavy atom. The number of aromatic nitrogens is 2. The lowest BCUT2D eigenvalue weighted by Crippen LogP contribution is -2.02. The molecule has 2 rings (SSSR count). The topological polar surface area (TPSA) is 37.8 Å². The van der Waals surface area contributed by atoms with Crippen LogP contribution in [0.2, 0.25) is 15.3 Å². The highest BCUT2D eigenvalue weighted by atomic mass is 35.5. The summed E-state index contributed by atoms with van der Waals surface area (Å²) in [5.74, 6) is 0.515. The Kier molecular flexibility index (Phi) is 4.05. The number of benzene rings is 1. The van der Waals surface area contributed by atoms with Crippen molar-refractivity contribution in [3.63, 3.8) is 0 Å². The van der Waals surface area contributed by atoms with Gasteiger partial charge < -0.3 is 5.32 Å². The van der Waals surface area contributed by atoms with Gasteiger partial charge in [-0.2, -0.15) is 4.98 Å². The van der Waals surface area contributed by atoms with Gasteiger partial charge in [0.05, 0.1) is 6.20 Å². The molecular weight excluding hydrogens is 281 g/mol. The van der Waals surface area contributed by atoms with E-state index in [0.29, 0.717) is 22.4 Å². The first-order valence-electron chi connectivity index (χ1n) is 4.81. The van der Waals surface area contributed by atoms with Crippen LogP contribution in [-0.2, 0) is 6.54 Å². The first-order valence-corrected chi connectivity index (χ1v) is 5.95. The summed E-state index contributed by atoms with van der Waals surface area (Å²) >= 11 is 17.4. The van der Waals surface area contributed by atoms with Gasteiger partial charge >= 0.3 is 0 Å². The van der Waals surface area contributed by atoms with E-state index in [1.807, 2.05) is 24.3 Å². The quantitative estimate of drug-likeness (QED) is 0.866. The molecule has 0 aliphatic carbocycles. The summed E-state index contributed by atoms with van der Waals surface area (Å²) in [5, 5.41) is 4.38. The highest BCUT2D eigenvalue weighted by Crippen LogP contribution is 2.20. The van der Waals surface area contributed by atoms with Gasteiger partial charge in [-0.15, -0.1) is 0 Å². The van der Waals surface area contributed by atoms with Gasteiger partial charge in [0.2, 0.25) is 5.28 Å². The Morgan fingerprint density at radius 1 is 1.06 bits per heavy atom. The second kappa shape index (κ2) is 5.54. The summed E-state index contributed by atoms with van der Waals surface area (Å²) in [7, 11) is 0. The number of hydrogen-bond donors (Lipinski definition) is 1. The van der Waals surface area contributed by atoms with E-state index >= 15 is 0 Å². The molecule has 0 aliphatic rings.